The summed E-state index contributed by atoms with van der Waals surface area (Å²) in [5.74, 6) is 0. The van der Waals surface area contributed by atoms with Crippen molar-refractivity contribution in [3.63, 3.8) is 0 Å². The quantitative estimate of drug-likeness (QED) is 0.789. The molecule has 0 aromatic heterocycles. The van der Waals surface area contributed by atoms with Crippen LogP contribution in [-0.4, -0.2) is 31.3 Å². The number of rotatable bonds is 3. The SMILES string of the molecule is CC(N)C1=CCC(OCC(F)(F)F)N=C1. The zero-order valence-electron chi connectivity index (χ0n) is 8.29. The highest BCUT2D eigenvalue weighted by Crippen LogP contribution is 2.18. The Balaban J connectivity index is 2.37. The van der Waals surface area contributed by atoms with E-state index in [0.717, 1.165) is 5.57 Å². The van der Waals surface area contributed by atoms with Crippen LogP contribution < -0.4 is 5.73 Å². The summed E-state index contributed by atoms with van der Waals surface area (Å²) in [6.45, 7) is 0.519. The second-order valence-electron chi connectivity index (χ2n) is 3.39. The van der Waals surface area contributed by atoms with Gasteiger partial charge in [0.05, 0.1) is 0 Å². The molecule has 0 aliphatic carbocycles. The first-order chi connectivity index (χ1) is 6.88. The number of alkyl halides is 3. The molecule has 6 heteroatoms. The zero-order valence-corrected chi connectivity index (χ0v) is 8.29. The third kappa shape index (κ3) is 4.44. The lowest BCUT2D eigenvalue weighted by Crippen LogP contribution is -2.26. The maximum absolute atomic E-state index is 11.8. The van der Waals surface area contributed by atoms with Gasteiger partial charge in [0.2, 0.25) is 0 Å². The predicted octanol–water partition coefficient (Wildman–Crippen LogP) is 1.64. The van der Waals surface area contributed by atoms with Gasteiger partial charge in [-0.05, 0) is 12.5 Å². The second-order valence-corrected chi connectivity index (χ2v) is 3.39. The van der Waals surface area contributed by atoms with E-state index < -0.39 is 19.0 Å². The molecule has 0 fully saturated rings. The van der Waals surface area contributed by atoms with Gasteiger partial charge < -0.3 is 10.5 Å². The Morgan fingerprint density at radius 2 is 2.33 bits per heavy atom. The topological polar surface area (TPSA) is 47.6 Å². The van der Waals surface area contributed by atoms with Crippen LogP contribution in [0.4, 0.5) is 13.2 Å². The molecule has 0 aromatic rings. The fraction of sp³-hybridized carbons (Fsp3) is 0.667. The molecule has 2 N–H and O–H groups in total. The Kier molecular flexibility index (Phi) is 3.87. The third-order valence-corrected chi connectivity index (χ3v) is 1.91. The van der Waals surface area contributed by atoms with Crippen molar-refractivity contribution in [3.05, 3.63) is 11.6 Å². The maximum atomic E-state index is 11.8. The van der Waals surface area contributed by atoms with Crippen LogP contribution in [0.15, 0.2) is 16.6 Å². The van der Waals surface area contributed by atoms with Crippen LogP contribution >= 0.6 is 0 Å². The Bertz CT molecular complexity index is 271. The first kappa shape index (κ1) is 12.2. The largest absolute Gasteiger partial charge is 0.411 e. The van der Waals surface area contributed by atoms with Crippen LogP contribution in [0.25, 0.3) is 0 Å². The van der Waals surface area contributed by atoms with Crippen molar-refractivity contribution in [1.82, 2.24) is 0 Å². The number of hydrogen-bond donors (Lipinski definition) is 1. The highest BCUT2D eigenvalue weighted by molar-refractivity contribution is 5.80. The average Bonchev–Trinajstić information content (AvgIpc) is 2.14. The van der Waals surface area contributed by atoms with Gasteiger partial charge in [-0.15, -0.1) is 0 Å². The molecular formula is C9H13F3N2O. The molecule has 3 nitrogen and oxygen atoms in total. The van der Waals surface area contributed by atoms with Crippen molar-refractivity contribution in [2.75, 3.05) is 6.61 Å². The van der Waals surface area contributed by atoms with Gasteiger partial charge in [-0.2, -0.15) is 13.2 Å². The molecule has 0 aromatic carbocycles. The number of hydrogen-bond acceptors (Lipinski definition) is 3. The van der Waals surface area contributed by atoms with Crippen molar-refractivity contribution >= 4 is 6.21 Å². The van der Waals surface area contributed by atoms with Gasteiger partial charge in [0.25, 0.3) is 0 Å². The highest BCUT2D eigenvalue weighted by atomic mass is 19.4. The summed E-state index contributed by atoms with van der Waals surface area (Å²) in [5.41, 5.74) is 6.40. The number of ether oxygens (including phenoxy) is 1. The number of halogens is 3. The minimum absolute atomic E-state index is 0.155. The minimum atomic E-state index is -4.30. The Morgan fingerprint density at radius 1 is 1.67 bits per heavy atom. The number of aliphatic imine (C=N–C) groups is 1. The molecule has 0 spiro atoms. The van der Waals surface area contributed by atoms with Crippen LogP contribution in [0.1, 0.15) is 13.3 Å². The summed E-state index contributed by atoms with van der Waals surface area (Å²) in [7, 11) is 0. The molecule has 2 unspecified atom stereocenters. The lowest BCUT2D eigenvalue weighted by atomic mass is 10.1. The monoisotopic (exact) mass is 222 g/mol. The Labute approximate surface area is 85.8 Å². The van der Waals surface area contributed by atoms with Gasteiger partial charge in [-0.25, -0.2) is 0 Å². The number of dihydropyridines is 1. The average molecular weight is 222 g/mol. The van der Waals surface area contributed by atoms with Crippen molar-refractivity contribution in [1.29, 1.82) is 0 Å². The van der Waals surface area contributed by atoms with Crippen LogP contribution in [0.5, 0.6) is 0 Å². The summed E-state index contributed by atoms with van der Waals surface area (Å²) < 4.78 is 40.0. The summed E-state index contributed by atoms with van der Waals surface area (Å²) in [6.07, 6.45) is -1.49. The number of nitrogens with zero attached hydrogens (tertiary/aromatic N) is 1. The van der Waals surface area contributed by atoms with E-state index in [2.05, 4.69) is 9.73 Å². The molecule has 0 bridgehead atoms. The molecule has 1 aliphatic heterocycles. The van der Waals surface area contributed by atoms with Gasteiger partial charge in [-0.1, -0.05) is 6.08 Å². The molecule has 0 radical (unpaired) electrons. The fourth-order valence-corrected chi connectivity index (χ4v) is 1.12. The molecule has 1 rings (SSSR count). The van der Waals surface area contributed by atoms with Crippen LogP contribution in [0.3, 0.4) is 0 Å². The van der Waals surface area contributed by atoms with Crippen LogP contribution in [-0.2, 0) is 4.74 Å². The standard InChI is InChI=1S/C9H13F3N2O/c1-6(13)7-2-3-8(14-4-7)15-5-9(10,11)12/h2,4,6,8H,3,5,13H2,1H3. The fourth-order valence-electron chi connectivity index (χ4n) is 1.12. The third-order valence-electron chi connectivity index (χ3n) is 1.91. The lowest BCUT2D eigenvalue weighted by Gasteiger charge is -2.18. The summed E-state index contributed by atoms with van der Waals surface area (Å²) in [5, 5.41) is 0. The van der Waals surface area contributed by atoms with E-state index in [4.69, 9.17) is 5.73 Å². The van der Waals surface area contributed by atoms with Crippen molar-refractivity contribution < 1.29 is 17.9 Å². The molecule has 1 aliphatic rings. The predicted molar refractivity (Wildman–Crippen MR) is 50.6 cm³/mol. The minimum Gasteiger partial charge on any atom is -0.347 e. The molecule has 2 atom stereocenters. The van der Waals surface area contributed by atoms with E-state index in [1.54, 1.807) is 13.0 Å². The molecular weight excluding hydrogens is 209 g/mol. The van der Waals surface area contributed by atoms with Crippen LogP contribution in [0, 0.1) is 0 Å². The summed E-state index contributed by atoms with van der Waals surface area (Å²) in [6, 6.07) is -0.155. The lowest BCUT2D eigenvalue weighted by molar-refractivity contribution is -0.184. The molecule has 0 saturated heterocycles. The molecule has 0 amide bonds. The Hall–Kier alpha value is -0.880. The van der Waals surface area contributed by atoms with E-state index in [1.165, 1.54) is 6.21 Å². The van der Waals surface area contributed by atoms with E-state index in [1.807, 2.05) is 0 Å². The van der Waals surface area contributed by atoms with Gasteiger partial charge >= 0.3 is 6.18 Å². The maximum Gasteiger partial charge on any atom is 0.411 e. The normalized spacial score (nSPS) is 23.8. The molecule has 15 heavy (non-hydrogen) atoms. The van der Waals surface area contributed by atoms with Gasteiger partial charge in [0.15, 0.2) is 6.23 Å². The number of nitrogens with two attached hydrogens (primary N) is 1. The van der Waals surface area contributed by atoms with Crippen molar-refractivity contribution in [3.8, 4) is 0 Å². The van der Waals surface area contributed by atoms with E-state index in [9.17, 15) is 13.2 Å². The van der Waals surface area contributed by atoms with E-state index in [0.29, 0.717) is 6.42 Å². The van der Waals surface area contributed by atoms with E-state index >= 15 is 0 Å². The van der Waals surface area contributed by atoms with E-state index in [-0.39, 0.29) is 6.04 Å². The Morgan fingerprint density at radius 3 is 2.73 bits per heavy atom. The smallest absolute Gasteiger partial charge is 0.347 e. The molecule has 0 saturated carbocycles. The molecule has 1 heterocycles. The zero-order chi connectivity index (χ0) is 11.5. The second kappa shape index (κ2) is 4.76. The van der Waals surface area contributed by atoms with Crippen LogP contribution in [0.2, 0.25) is 0 Å². The van der Waals surface area contributed by atoms with Crippen molar-refractivity contribution in [2.45, 2.75) is 31.8 Å². The highest BCUT2D eigenvalue weighted by Gasteiger charge is 2.29. The van der Waals surface area contributed by atoms with Crippen molar-refractivity contribution in [2.24, 2.45) is 10.7 Å². The summed E-state index contributed by atoms with van der Waals surface area (Å²) in [4.78, 5) is 3.84. The first-order valence-electron chi connectivity index (χ1n) is 4.55. The van der Waals surface area contributed by atoms with Gasteiger partial charge in [0, 0.05) is 18.7 Å². The van der Waals surface area contributed by atoms with Gasteiger partial charge in [-0.3, -0.25) is 4.99 Å². The first-order valence-corrected chi connectivity index (χ1v) is 4.55. The summed E-state index contributed by atoms with van der Waals surface area (Å²) >= 11 is 0. The molecule has 86 valence electrons. The van der Waals surface area contributed by atoms with Gasteiger partial charge in [0.1, 0.15) is 6.61 Å².